The second-order valence-electron chi connectivity index (χ2n) is 5.50. The minimum absolute atomic E-state index is 0.0979. The van der Waals surface area contributed by atoms with Gasteiger partial charge in [-0.3, -0.25) is 4.79 Å². The Morgan fingerprint density at radius 1 is 0.833 bits per heavy atom. The van der Waals surface area contributed by atoms with Gasteiger partial charge in [-0.1, -0.05) is 81.4 Å². The molecule has 0 heterocycles. The zero-order valence-corrected chi connectivity index (χ0v) is 14.5. The molecule has 0 fully saturated rings. The quantitative estimate of drug-likeness (QED) is 0.501. The topological polar surface area (TPSA) is 26.3 Å². The van der Waals surface area contributed by atoms with Gasteiger partial charge in [0, 0.05) is 10.9 Å². The van der Waals surface area contributed by atoms with Crippen LogP contribution in [0.15, 0.2) is 78.9 Å². The van der Waals surface area contributed by atoms with Gasteiger partial charge in [-0.05, 0) is 23.9 Å². The Hall–Kier alpha value is -2.44. The van der Waals surface area contributed by atoms with Crippen molar-refractivity contribution in [1.82, 2.24) is 0 Å². The molecule has 0 saturated heterocycles. The minimum Gasteiger partial charge on any atom is -0.488 e. The number of Topliss-reactive ketones (excluding diaryl/α,β-unsaturated/α-hetero) is 1. The predicted molar refractivity (Wildman–Crippen MR) is 101 cm³/mol. The van der Waals surface area contributed by atoms with Gasteiger partial charge in [-0.25, -0.2) is 0 Å². The third kappa shape index (κ3) is 4.10. The molecule has 3 rings (SSSR count). The molecule has 3 aromatic carbocycles. The monoisotopic (exact) mass is 334 g/mol. The van der Waals surface area contributed by atoms with Crippen molar-refractivity contribution in [3.05, 3.63) is 90.0 Å². The Morgan fingerprint density at radius 3 is 2.21 bits per heavy atom. The van der Waals surface area contributed by atoms with Crippen molar-refractivity contribution < 1.29 is 9.53 Å². The summed E-state index contributed by atoms with van der Waals surface area (Å²) in [6, 6.07) is 25.9. The Balaban J connectivity index is 1.81. The Labute approximate surface area is 144 Å². The van der Waals surface area contributed by atoms with Crippen molar-refractivity contribution in [2.24, 2.45) is 0 Å². The fraction of sp³-hybridized carbons (Fsp3) is 0.0952. The molecule has 3 aromatic rings. The maximum Gasteiger partial charge on any atom is 0.160 e. The summed E-state index contributed by atoms with van der Waals surface area (Å²) in [4.78, 5) is 11.8. The largest absolute Gasteiger partial charge is 0.488 e. The van der Waals surface area contributed by atoms with Crippen molar-refractivity contribution >= 4 is 25.0 Å². The number of carbonyl (C=O) groups excluding carboxylic acids is 1. The maximum absolute atomic E-state index is 11.8. The lowest BCUT2D eigenvalue weighted by molar-refractivity contribution is 0.101. The third-order valence-electron chi connectivity index (χ3n) is 3.70. The van der Waals surface area contributed by atoms with Crippen molar-refractivity contribution in [2.45, 2.75) is 13.5 Å². The number of benzene rings is 3. The summed E-state index contributed by atoms with van der Waals surface area (Å²) < 4.78 is 6.02. The second-order valence-corrected chi connectivity index (χ2v) is 6.82. The number of rotatable bonds is 6. The van der Waals surface area contributed by atoms with Gasteiger partial charge < -0.3 is 4.74 Å². The molecule has 2 nitrogen and oxygen atoms in total. The van der Waals surface area contributed by atoms with E-state index >= 15 is 0 Å². The molecule has 0 bridgehead atoms. The van der Waals surface area contributed by atoms with E-state index in [2.05, 4.69) is 18.2 Å². The van der Waals surface area contributed by atoms with Crippen LogP contribution in [0.25, 0.3) is 0 Å². The molecule has 0 amide bonds. The van der Waals surface area contributed by atoms with Crippen molar-refractivity contribution in [3.63, 3.8) is 0 Å². The van der Waals surface area contributed by atoms with Crippen LogP contribution in [0, 0.1) is 0 Å². The molecule has 0 aromatic heterocycles. The molecule has 0 aliphatic rings. The highest BCUT2D eigenvalue weighted by Gasteiger charge is 2.10. The standard InChI is InChI=1S/C21H19O2P/c1-16(22)18-11-5-7-13-20(18)24-21-14-8-6-12-19(21)23-15-17-9-3-2-4-10-17/h2-14,24H,15H2,1H3. The highest BCUT2D eigenvalue weighted by atomic mass is 31.1. The number of hydrogen-bond donors (Lipinski definition) is 0. The molecule has 1 atom stereocenters. The van der Waals surface area contributed by atoms with Crippen LogP contribution in [0.1, 0.15) is 22.8 Å². The molecule has 3 heteroatoms. The molecule has 120 valence electrons. The molecular formula is C21H19O2P. The summed E-state index contributed by atoms with van der Waals surface area (Å²) in [6.07, 6.45) is 0. The van der Waals surface area contributed by atoms with E-state index in [-0.39, 0.29) is 5.78 Å². The first-order valence-electron chi connectivity index (χ1n) is 7.87. The maximum atomic E-state index is 11.8. The summed E-state index contributed by atoms with van der Waals surface area (Å²) in [5.41, 5.74) is 1.92. The van der Waals surface area contributed by atoms with Crippen LogP contribution in [0.4, 0.5) is 0 Å². The highest BCUT2D eigenvalue weighted by Crippen LogP contribution is 2.22. The second kappa shape index (κ2) is 7.90. The van der Waals surface area contributed by atoms with Gasteiger partial charge in [0.2, 0.25) is 0 Å². The lowest BCUT2D eigenvalue weighted by Crippen LogP contribution is -2.13. The summed E-state index contributed by atoms with van der Waals surface area (Å²) in [5.74, 6) is 0.971. The lowest BCUT2D eigenvalue weighted by atomic mass is 10.1. The van der Waals surface area contributed by atoms with Crippen LogP contribution in [0.2, 0.25) is 0 Å². The molecular weight excluding hydrogens is 315 g/mol. The first-order chi connectivity index (χ1) is 11.7. The van der Waals surface area contributed by atoms with Crippen LogP contribution in [0.3, 0.4) is 0 Å². The molecule has 0 saturated carbocycles. The molecule has 1 unspecified atom stereocenters. The first kappa shape index (κ1) is 16.4. The summed E-state index contributed by atoms with van der Waals surface area (Å²) in [7, 11) is 0.389. The average Bonchev–Trinajstić information content (AvgIpc) is 2.62. The van der Waals surface area contributed by atoms with Crippen LogP contribution in [-0.2, 0) is 6.61 Å². The average molecular weight is 334 g/mol. The molecule has 0 N–H and O–H groups in total. The number of carbonyl (C=O) groups is 1. The van der Waals surface area contributed by atoms with E-state index in [1.807, 2.05) is 60.7 Å². The molecule has 24 heavy (non-hydrogen) atoms. The Kier molecular flexibility index (Phi) is 5.40. The summed E-state index contributed by atoms with van der Waals surface area (Å²) >= 11 is 0. The number of hydrogen-bond acceptors (Lipinski definition) is 2. The van der Waals surface area contributed by atoms with E-state index < -0.39 is 0 Å². The Bertz CT molecular complexity index is 828. The molecule has 0 aliphatic heterocycles. The number of ketones is 1. The molecule has 0 spiro atoms. The van der Waals surface area contributed by atoms with Gasteiger partial charge in [-0.15, -0.1) is 0 Å². The normalized spacial score (nSPS) is 10.9. The van der Waals surface area contributed by atoms with Crippen molar-refractivity contribution in [1.29, 1.82) is 0 Å². The van der Waals surface area contributed by atoms with Crippen LogP contribution < -0.4 is 15.3 Å². The van der Waals surface area contributed by atoms with Crippen LogP contribution in [-0.4, -0.2) is 5.78 Å². The third-order valence-corrected chi connectivity index (χ3v) is 5.09. The first-order valence-corrected chi connectivity index (χ1v) is 8.87. The lowest BCUT2D eigenvalue weighted by Gasteiger charge is -2.13. The van der Waals surface area contributed by atoms with E-state index in [9.17, 15) is 4.79 Å². The van der Waals surface area contributed by atoms with Crippen LogP contribution >= 0.6 is 8.58 Å². The smallest absolute Gasteiger partial charge is 0.160 e. The van der Waals surface area contributed by atoms with E-state index in [0.29, 0.717) is 15.2 Å². The summed E-state index contributed by atoms with van der Waals surface area (Å²) in [5, 5.41) is 2.17. The highest BCUT2D eigenvalue weighted by molar-refractivity contribution is 7.56. The fourth-order valence-electron chi connectivity index (χ4n) is 2.48. The van der Waals surface area contributed by atoms with Crippen molar-refractivity contribution in [2.75, 3.05) is 0 Å². The van der Waals surface area contributed by atoms with Gasteiger partial charge in [0.25, 0.3) is 0 Å². The number of ether oxygens (including phenoxy) is 1. The summed E-state index contributed by atoms with van der Waals surface area (Å²) in [6.45, 7) is 2.15. The van der Waals surface area contributed by atoms with E-state index in [1.54, 1.807) is 6.92 Å². The molecule has 0 aliphatic carbocycles. The van der Waals surface area contributed by atoms with Crippen LogP contribution in [0.5, 0.6) is 5.75 Å². The van der Waals surface area contributed by atoms with E-state index in [1.165, 1.54) is 0 Å². The van der Waals surface area contributed by atoms with Crippen molar-refractivity contribution in [3.8, 4) is 5.75 Å². The minimum atomic E-state index is 0.0979. The van der Waals surface area contributed by atoms with Gasteiger partial charge in [0.1, 0.15) is 12.4 Å². The van der Waals surface area contributed by atoms with Gasteiger partial charge >= 0.3 is 0 Å². The van der Waals surface area contributed by atoms with Gasteiger partial charge in [0.05, 0.1) is 0 Å². The van der Waals surface area contributed by atoms with E-state index in [0.717, 1.165) is 27.5 Å². The van der Waals surface area contributed by atoms with Gasteiger partial charge in [0.15, 0.2) is 5.78 Å². The SMILES string of the molecule is CC(=O)c1ccccc1Pc1ccccc1OCc1ccccc1. The predicted octanol–water partition coefficient (Wildman–Crippen LogP) is 4.10. The number of para-hydroxylation sites is 1. The zero-order valence-electron chi connectivity index (χ0n) is 13.5. The molecule has 0 radical (unpaired) electrons. The zero-order chi connectivity index (χ0) is 16.8. The fourth-order valence-corrected chi connectivity index (χ4v) is 3.80. The van der Waals surface area contributed by atoms with Gasteiger partial charge in [-0.2, -0.15) is 0 Å². The van der Waals surface area contributed by atoms with E-state index in [4.69, 9.17) is 4.74 Å². The Morgan fingerprint density at radius 2 is 1.46 bits per heavy atom.